The predicted octanol–water partition coefficient (Wildman–Crippen LogP) is 0.248. The third-order valence-electron chi connectivity index (χ3n) is 1.77. The second-order valence-electron chi connectivity index (χ2n) is 2.63. The summed E-state index contributed by atoms with van der Waals surface area (Å²) in [6, 6.07) is 3.46. The Morgan fingerprint density at radius 1 is 1.46 bits per heavy atom. The van der Waals surface area contributed by atoms with E-state index in [0.717, 1.165) is 5.56 Å². The zero-order valence-corrected chi connectivity index (χ0v) is 6.88. The van der Waals surface area contributed by atoms with Gasteiger partial charge in [0.05, 0.1) is 6.04 Å². The maximum absolute atomic E-state index is 5.89. The monoisotopic (exact) mass is 175 g/mol. The van der Waals surface area contributed by atoms with E-state index < -0.39 is 0 Å². The summed E-state index contributed by atoms with van der Waals surface area (Å²) in [5.74, 6) is 0.646. The number of rotatable bonds is 2. The van der Waals surface area contributed by atoms with Gasteiger partial charge in [-0.15, -0.1) is 0 Å². The minimum absolute atomic E-state index is 0.281. The lowest BCUT2D eigenvalue weighted by atomic mass is 10.1. The third kappa shape index (κ3) is 1.54. The molecule has 13 heavy (non-hydrogen) atoms. The first-order chi connectivity index (χ1) is 6.38. The van der Waals surface area contributed by atoms with E-state index in [2.05, 4.69) is 20.2 Å². The molecule has 0 saturated carbocycles. The molecular weight excluding hydrogens is 166 g/mol. The number of aromatic amines is 1. The van der Waals surface area contributed by atoms with Crippen molar-refractivity contribution in [1.29, 1.82) is 0 Å². The van der Waals surface area contributed by atoms with Crippen LogP contribution in [0.15, 0.2) is 30.9 Å². The van der Waals surface area contributed by atoms with Crippen molar-refractivity contribution in [3.63, 3.8) is 0 Å². The number of aromatic nitrogens is 4. The van der Waals surface area contributed by atoms with Crippen LogP contribution in [0.25, 0.3) is 0 Å². The number of nitrogens with two attached hydrogens (primary N) is 1. The topological polar surface area (TPSA) is 80.5 Å². The highest BCUT2D eigenvalue weighted by Gasteiger charge is 2.10. The summed E-state index contributed by atoms with van der Waals surface area (Å²) in [6.07, 6.45) is 4.86. The molecule has 1 unspecified atom stereocenters. The van der Waals surface area contributed by atoms with Gasteiger partial charge in [-0.05, 0) is 11.6 Å². The Morgan fingerprint density at radius 2 is 2.38 bits per heavy atom. The van der Waals surface area contributed by atoms with E-state index >= 15 is 0 Å². The Balaban J connectivity index is 2.29. The Kier molecular flexibility index (Phi) is 2.01. The van der Waals surface area contributed by atoms with Crippen LogP contribution in [0.4, 0.5) is 0 Å². The molecule has 0 bridgehead atoms. The van der Waals surface area contributed by atoms with E-state index in [4.69, 9.17) is 5.73 Å². The van der Waals surface area contributed by atoms with Crippen LogP contribution in [0.2, 0.25) is 0 Å². The van der Waals surface area contributed by atoms with E-state index in [-0.39, 0.29) is 6.04 Å². The van der Waals surface area contributed by atoms with Crippen LogP contribution in [-0.2, 0) is 0 Å². The van der Waals surface area contributed by atoms with Crippen molar-refractivity contribution >= 4 is 0 Å². The molecule has 0 spiro atoms. The fourth-order valence-corrected chi connectivity index (χ4v) is 1.08. The minimum Gasteiger partial charge on any atom is -0.318 e. The molecule has 0 radical (unpaired) electrons. The van der Waals surface area contributed by atoms with E-state index in [1.165, 1.54) is 6.33 Å². The fourth-order valence-electron chi connectivity index (χ4n) is 1.08. The van der Waals surface area contributed by atoms with Crippen molar-refractivity contribution in [2.45, 2.75) is 6.04 Å². The zero-order chi connectivity index (χ0) is 9.10. The molecule has 1 atom stereocenters. The normalized spacial score (nSPS) is 12.7. The van der Waals surface area contributed by atoms with E-state index in [1.54, 1.807) is 12.4 Å². The van der Waals surface area contributed by atoms with Crippen molar-refractivity contribution in [2.75, 3.05) is 0 Å². The highest BCUT2D eigenvalue weighted by atomic mass is 15.2. The molecule has 0 aliphatic rings. The Morgan fingerprint density at radius 3 is 3.00 bits per heavy atom. The molecule has 0 aliphatic carbocycles. The molecule has 2 rings (SSSR count). The van der Waals surface area contributed by atoms with Gasteiger partial charge in [0.25, 0.3) is 0 Å². The van der Waals surface area contributed by atoms with Crippen LogP contribution < -0.4 is 5.73 Å². The van der Waals surface area contributed by atoms with Crippen LogP contribution >= 0.6 is 0 Å². The molecule has 0 saturated heterocycles. The lowest BCUT2D eigenvalue weighted by molar-refractivity contribution is 0.783. The second kappa shape index (κ2) is 3.32. The number of pyridine rings is 1. The number of hydrogen-bond acceptors (Lipinski definition) is 4. The van der Waals surface area contributed by atoms with Gasteiger partial charge >= 0.3 is 0 Å². The third-order valence-corrected chi connectivity index (χ3v) is 1.77. The molecule has 0 amide bonds. The molecule has 0 aromatic carbocycles. The highest BCUT2D eigenvalue weighted by Crippen LogP contribution is 2.12. The predicted molar refractivity (Wildman–Crippen MR) is 46.7 cm³/mol. The number of H-pyrrole nitrogens is 1. The van der Waals surface area contributed by atoms with Crippen LogP contribution in [-0.4, -0.2) is 20.2 Å². The van der Waals surface area contributed by atoms with E-state index in [1.807, 2.05) is 12.1 Å². The van der Waals surface area contributed by atoms with Gasteiger partial charge in [-0.2, -0.15) is 5.10 Å². The van der Waals surface area contributed by atoms with Gasteiger partial charge in [0.2, 0.25) is 0 Å². The zero-order valence-electron chi connectivity index (χ0n) is 6.88. The van der Waals surface area contributed by atoms with Gasteiger partial charge in [0, 0.05) is 12.4 Å². The van der Waals surface area contributed by atoms with Crippen molar-refractivity contribution in [1.82, 2.24) is 20.2 Å². The average Bonchev–Trinajstić information content (AvgIpc) is 2.71. The quantitative estimate of drug-likeness (QED) is 0.685. The maximum atomic E-state index is 5.89. The smallest absolute Gasteiger partial charge is 0.145 e. The molecule has 5 heteroatoms. The van der Waals surface area contributed by atoms with Crippen molar-refractivity contribution in [2.24, 2.45) is 5.73 Å². The van der Waals surface area contributed by atoms with Crippen LogP contribution in [0, 0.1) is 0 Å². The fraction of sp³-hybridized carbons (Fsp3) is 0.125. The van der Waals surface area contributed by atoms with Crippen molar-refractivity contribution in [3.8, 4) is 0 Å². The minimum atomic E-state index is -0.281. The summed E-state index contributed by atoms with van der Waals surface area (Å²) in [7, 11) is 0. The van der Waals surface area contributed by atoms with Crippen LogP contribution in [0.5, 0.6) is 0 Å². The number of hydrogen-bond donors (Lipinski definition) is 2. The summed E-state index contributed by atoms with van der Waals surface area (Å²) < 4.78 is 0. The lowest BCUT2D eigenvalue weighted by Crippen LogP contribution is -2.13. The number of nitrogens with one attached hydrogen (secondary N) is 1. The van der Waals surface area contributed by atoms with E-state index in [9.17, 15) is 0 Å². The lowest BCUT2D eigenvalue weighted by Gasteiger charge is -2.06. The van der Waals surface area contributed by atoms with Gasteiger partial charge in [0.1, 0.15) is 12.2 Å². The van der Waals surface area contributed by atoms with Gasteiger partial charge in [-0.3, -0.25) is 10.1 Å². The highest BCUT2D eigenvalue weighted by molar-refractivity contribution is 5.19. The van der Waals surface area contributed by atoms with Crippen molar-refractivity contribution in [3.05, 3.63) is 42.2 Å². The summed E-state index contributed by atoms with van der Waals surface area (Å²) in [5.41, 5.74) is 6.80. The van der Waals surface area contributed by atoms with Crippen LogP contribution in [0.3, 0.4) is 0 Å². The molecule has 2 aromatic heterocycles. The summed E-state index contributed by atoms with van der Waals surface area (Å²) in [4.78, 5) is 7.95. The molecular formula is C8H9N5. The maximum Gasteiger partial charge on any atom is 0.145 e. The Bertz CT molecular complexity index is 355. The SMILES string of the molecule is NC(c1cccnc1)c1ncn[nH]1. The first kappa shape index (κ1) is 7.88. The summed E-state index contributed by atoms with van der Waals surface area (Å²) in [6.45, 7) is 0. The summed E-state index contributed by atoms with van der Waals surface area (Å²) in [5, 5.41) is 6.45. The molecule has 3 N–H and O–H groups in total. The largest absolute Gasteiger partial charge is 0.318 e. The molecule has 2 heterocycles. The second-order valence-corrected chi connectivity index (χ2v) is 2.63. The van der Waals surface area contributed by atoms with Gasteiger partial charge < -0.3 is 5.73 Å². The molecule has 0 aliphatic heterocycles. The first-order valence-electron chi connectivity index (χ1n) is 3.88. The first-order valence-corrected chi connectivity index (χ1v) is 3.88. The molecule has 0 fully saturated rings. The molecule has 2 aromatic rings. The van der Waals surface area contributed by atoms with Gasteiger partial charge in [0.15, 0.2) is 0 Å². The number of nitrogens with zero attached hydrogens (tertiary/aromatic N) is 3. The van der Waals surface area contributed by atoms with Gasteiger partial charge in [-0.1, -0.05) is 6.07 Å². The Labute approximate surface area is 75.0 Å². The van der Waals surface area contributed by atoms with Crippen molar-refractivity contribution < 1.29 is 0 Å². The van der Waals surface area contributed by atoms with E-state index in [0.29, 0.717) is 5.82 Å². The van der Waals surface area contributed by atoms with Gasteiger partial charge in [-0.25, -0.2) is 4.98 Å². The summed E-state index contributed by atoms with van der Waals surface area (Å²) >= 11 is 0. The van der Waals surface area contributed by atoms with Crippen LogP contribution in [0.1, 0.15) is 17.4 Å². The Hall–Kier alpha value is -1.75. The molecule has 66 valence electrons. The average molecular weight is 175 g/mol. The molecule has 5 nitrogen and oxygen atoms in total. The standard InChI is InChI=1S/C8H9N5/c9-7(8-11-5-12-13-8)6-2-1-3-10-4-6/h1-5,7H,9H2,(H,11,12,13).